The van der Waals surface area contributed by atoms with E-state index in [1.54, 1.807) is 18.2 Å². The molecule has 11 heteroatoms. The molecule has 3 aromatic carbocycles. The van der Waals surface area contributed by atoms with Gasteiger partial charge in [-0.05, 0) is 35.9 Å². The van der Waals surface area contributed by atoms with Gasteiger partial charge in [0.05, 0.1) is 28.5 Å². The van der Waals surface area contributed by atoms with E-state index in [1.165, 1.54) is 24.3 Å². The van der Waals surface area contributed by atoms with E-state index in [1.807, 2.05) is 41.3 Å². The molecule has 194 valence electrons. The molecule has 11 nitrogen and oxygen atoms in total. The second kappa shape index (κ2) is 8.42. The number of imide groups is 1. The normalized spacial score (nSPS) is 23.9. The van der Waals surface area contributed by atoms with Gasteiger partial charge < -0.3 is 19.7 Å². The van der Waals surface area contributed by atoms with Crippen molar-refractivity contribution in [3.8, 4) is 11.5 Å². The summed E-state index contributed by atoms with van der Waals surface area (Å²) in [6.45, 7) is 0.0536. The first-order chi connectivity index (χ1) is 18.9. The fraction of sp³-hybridized carbons (Fsp3) is 0.179. The number of ether oxygens (including phenoxy) is 2. The number of non-ortho nitro benzene ring substituents is 1. The summed E-state index contributed by atoms with van der Waals surface area (Å²) < 4.78 is 10.8. The zero-order valence-corrected chi connectivity index (χ0v) is 20.2. The number of hydrogen-bond donors (Lipinski definition) is 1. The number of hydrogen-bond acceptors (Lipinski definition) is 8. The molecule has 2 fully saturated rings. The zero-order valence-electron chi connectivity index (χ0n) is 20.2. The molecular weight excluding hydrogens is 504 g/mol. The van der Waals surface area contributed by atoms with Crippen molar-refractivity contribution in [1.29, 1.82) is 0 Å². The molecule has 3 aromatic rings. The molecule has 0 aromatic heterocycles. The largest absolute Gasteiger partial charge is 0.454 e. The lowest BCUT2D eigenvalue weighted by molar-refractivity contribution is -0.384. The van der Waals surface area contributed by atoms with E-state index in [0.717, 1.165) is 16.2 Å². The van der Waals surface area contributed by atoms with Gasteiger partial charge in [-0.3, -0.25) is 24.5 Å². The highest BCUT2D eigenvalue weighted by Gasteiger charge is 2.64. The van der Waals surface area contributed by atoms with Gasteiger partial charge in [0.25, 0.3) is 5.69 Å². The second-order valence-corrected chi connectivity index (χ2v) is 9.65. The summed E-state index contributed by atoms with van der Waals surface area (Å²) in [7, 11) is 0. The van der Waals surface area contributed by atoms with Gasteiger partial charge in [-0.25, -0.2) is 4.90 Å². The third-order valence-corrected chi connectivity index (χ3v) is 7.64. The van der Waals surface area contributed by atoms with Crippen molar-refractivity contribution >= 4 is 46.5 Å². The number of carbonyl (C=O) groups is 3. The van der Waals surface area contributed by atoms with E-state index in [4.69, 9.17) is 9.47 Å². The Hall–Kier alpha value is -5.19. The van der Waals surface area contributed by atoms with Crippen molar-refractivity contribution in [3.05, 3.63) is 88.5 Å². The molecule has 0 spiro atoms. The van der Waals surface area contributed by atoms with E-state index >= 15 is 0 Å². The van der Waals surface area contributed by atoms with Crippen LogP contribution in [0.5, 0.6) is 11.5 Å². The summed E-state index contributed by atoms with van der Waals surface area (Å²) in [4.78, 5) is 55.2. The maximum Gasteiger partial charge on any atom is 0.269 e. The molecule has 0 radical (unpaired) electrons. The number of nitro benzene ring substituents is 1. The first kappa shape index (κ1) is 23.0. The maximum absolute atomic E-state index is 14.0. The molecule has 4 aliphatic heterocycles. The lowest BCUT2D eigenvalue weighted by Gasteiger charge is -2.36. The Morgan fingerprint density at radius 1 is 0.949 bits per heavy atom. The Morgan fingerprint density at radius 2 is 1.69 bits per heavy atom. The third-order valence-electron chi connectivity index (χ3n) is 7.64. The van der Waals surface area contributed by atoms with Crippen molar-refractivity contribution in [2.75, 3.05) is 21.9 Å². The quantitative estimate of drug-likeness (QED) is 0.312. The Balaban J connectivity index is 1.28. The minimum atomic E-state index is -1.00. The highest BCUT2D eigenvalue weighted by molar-refractivity contribution is 6.25. The van der Waals surface area contributed by atoms with Crippen LogP contribution in [0.4, 0.5) is 22.7 Å². The monoisotopic (exact) mass is 524 g/mol. The Bertz CT molecular complexity index is 1600. The molecule has 0 aliphatic carbocycles. The standard InChI is InChI=1S/C28H20N4O7/c33-26(29-16-6-8-17(9-7-16)32(36)37)25-24-23(20-11-5-15-3-1-2-4-19(15)31(20)25)27(34)30(28(24)35)18-10-12-21-22(13-18)39-14-38-21/h1-13,20,23-25H,14H2,(H,29,33)/t20-,23+,24+,25-/m0/s1. The number of nitro groups is 1. The topological polar surface area (TPSA) is 131 Å². The number of fused-ring (bicyclic) bond motifs is 6. The minimum absolute atomic E-state index is 0.0536. The number of nitrogens with zero attached hydrogens (tertiary/aromatic N) is 3. The molecule has 1 N–H and O–H groups in total. The van der Waals surface area contributed by atoms with Gasteiger partial charge in [-0.1, -0.05) is 30.4 Å². The first-order valence-electron chi connectivity index (χ1n) is 12.3. The van der Waals surface area contributed by atoms with Gasteiger partial charge >= 0.3 is 0 Å². The van der Waals surface area contributed by atoms with E-state index in [2.05, 4.69) is 5.32 Å². The van der Waals surface area contributed by atoms with Crippen LogP contribution in [0.2, 0.25) is 0 Å². The summed E-state index contributed by atoms with van der Waals surface area (Å²) in [5, 5.41) is 13.8. The Kier molecular flexibility index (Phi) is 4.96. The number of nitrogens with one attached hydrogen (secondary N) is 1. The van der Waals surface area contributed by atoms with Crippen molar-refractivity contribution in [3.63, 3.8) is 0 Å². The van der Waals surface area contributed by atoms with Crippen LogP contribution in [0.3, 0.4) is 0 Å². The van der Waals surface area contributed by atoms with Gasteiger partial charge in [0, 0.05) is 29.6 Å². The smallest absolute Gasteiger partial charge is 0.269 e. The summed E-state index contributed by atoms with van der Waals surface area (Å²) in [6.07, 6.45) is 3.78. The summed E-state index contributed by atoms with van der Waals surface area (Å²) in [6, 6.07) is 16.3. The number of rotatable bonds is 4. The molecule has 2 saturated heterocycles. The van der Waals surface area contributed by atoms with E-state index in [0.29, 0.717) is 22.9 Å². The van der Waals surface area contributed by atoms with Crippen molar-refractivity contribution in [2.45, 2.75) is 12.1 Å². The predicted molar refractivity (Wildman–Crippen MR) is 139 cm³/mol. The average molecular weight is 524 g/mol. The molecular formula is C28H20N4O7. The fourth-order valence-corrected chi connectivity index (χ4v) is 5.98. The SMILES string of the molecule is O=C(Nc1ccc([N+](=O)[O-])cc1)[C@@H]1[C@@H]2C(=O)N(c3ccc4c(c3)OCO4)C(=O)[C@@H]2[C@@H]2C=Cc3ccccc3N12. The van der Waals surface area contributed by atoms with Gasteiger partial charge in [0.2, 0.25) is 24.5 Å². The summed E-state index contributed by atoms with van der Waals surface area (Å²) >= 11 is 0. The number of para-hydroxylation sites is 1. The summed E-state index contributed by atoms with van der Waals surface area (Å²) in [5.74, 6) is -2.15. The lowest BCUT2D eigenvalue weighted by Crippen LogP contribution is -2.50. The second-order valence-electron chi connectivity index (χ2n) is 9.65. The van der Waals surface area contributed by atoms with Crippen LogP contribution in [0.1, 0.15) is 5.56 Å². The fourth-order valence-electron chi connectivity index (χ4n) is 5.98. The molecule has 4 aliphatic rings. The number of carbonyl (C=O) groups excluding carboxylic acids is 3. The summed E-state index contributed by atoms with van der Waals surface area (Å²) in [5.41, 5.74) is 2.20. The first-order valence-corrected chi connectivity index (χ1v) is 12.3. The predicted octanol–water partition coefficient (Wildman–Crippen LogP) is 3.35. The van der Waals surface area contributed by atoms with Crippen molar-refractivity contribution < 1.29 is 28.8 Å². The van der Waals surface area contributed by atoms with Crippen LogP contribution in [0.15, 0.2) is 72.8 Å². The molecule has 3 amide bonds. The Morgan fingerprint density at radius 3 is 2.49 bits per heavy atom. The van der Waals surface area contributed by atoms with Crippen LogP contribution in [-0.2, 0) is 14.4 Å². The highest BCUT2D eigenvalue weighted by Crippen LogP contribution is 2.50. The zero-order chi connectivity index (χ0) is 26.8. The Labute approximate surface area is 221 Å². The van der Waals surface area contributed by atoms with Gasteiger partial charge in [0.15, 0.2) is 11.5 Å². The third kappa shape index (κ3) is 3.39. The minimum Gasteiger partial charge on any atom is -0.454 e. The van der Waals surface area contributed by atoms with Crippen LogP contribution in [-0.4, -0.2) is 41.5 Å². The molecule has 0 saturated carbocycles. The molecule has 0 bridgehead atoms. The maximum atomic E-state index is 14.0. The lowest BCUT2D eigenvalue weighted by atomic mass is 9.88. The molecule has 0 unspecified atom stereocenters. The molecule has 4 atom stereocenters. The van der Waals surface area contributed by atoms with E-state index in [-0.39, 0.29) is 12.5 Å². The van der Waals surface area contributed by atoms with Crippen LogP contribution < -0.4 is 24.6 Å². The van der Waals surface area contributed by atoms with Gasteiger partial charge in [0.1, 0.15) is 6.04 Å². The van der Waals surface area contributed by atoms with Crippen LogP contribution in [0, 0.1) is 22.0 Å². The molecule has 7 rings (SSSR count). The van der Waals surface area contributed by atoms with Crippen molar-refractivity contribution in [2.24, 2.45) is 11.8 Å². The van der Waals surface area contributed by atoms with Gasteiger partial charge in [-0.2, -0.15) is 0 Å². The van der Waals surface area contributed by atoms with Crippen molar-refractivity contribution in [1.82, 2.24) is 0 Å². The molecule has 4 heterocycles. The highest BCUT2D eigenvalue weighted by atomic mass is 16.7. The van der Waals surface area contributed by atoms with E-state index < -0.39 is 46.6 Å². The number of benzene rings is 3. The molecule has 39 heavy (non-hydrogen) atoms. The number of anilines is 3. The van der Waals surface area contributed by atoms with Gasteiger partial charge in [-0.15, -0.1) is 0 Å². The van der Waals surface area contributed by atoms with Crippen LogP contribution >= 0.6 is 0 Å². The average Bonchev–Trinajstić information content (AvgIpc) is 3.62. The van der Waals surface area contributed by atoms with Crippen LogP contribution in [0.25, 0.3) is 6.08 Å². The number of amides is 3. The van der Waals surface area contributed by atoms with E-state index in [9.17, 15) is 24.5 Å².